The fourth-order valence-electron chi connectivity index (χ4n) is 4.11. The summed E-state index contributed by atoms with van der Waals surface area (Å²) in [5.41, 5.74) is 7.31. The van der Waals surface area contributed by atoms with E-state index in [2.05, 4.69) is 64.4 Å². The number of allylic oxidation sites excluding steroid dienone is 2. The number of nitrogens with one attached hydrogen (secondary N) is 1. The maximum atomic E-state index is 4.74. The molecule has 136 valence electrons. The van der Waals surface area contributed by atoms with Crippen LogP contribution in [0.15, 0.2) is 48.7 Å². The summed E-state index contributed by atoms with van der Waals surface area (Å²) in [4.78, 5) is 10.8. The van der Waals surface area contributed by atoms with Crippen LogP contribution in [0.1, 0.15) is 37.4 Å². The van der Waals surface area contributed by atoms with Crippen LogP contribution in [-0.4, -0.2) is 26.1 Å². The van der Waals surface area contributed by atoms with Gasteiger partial charge >= 0.3 is 0 Å². The summed E-state index contributed by atoms with van der Waals surface area (Å²) in [5, 5.41) is 5.98. The van der Waals surface area contributed by atoms with E-state index in [9.17, 15) is 0 Å². The number of hydrogen-bond acceptors (Lipinski definition) is 3. The van der Waals surface area contributed by atoms with Crippen LogP contribution in [0.25, 0.3) is 22.1 Å². The van der Waals surface area contributed by atoms with E-state index in [1.54, 1.807) is 0 Å². The van der Waals surface area contributed by atoms with Gasteiger partial charge in [-0.1, -0.05) is 31.2 Å². The molecule has 5 rings (SSSR count). The molecule has 0 radical (unpaired) electrons. The van der Waals surface area contributed by atoms with Gasteiger partial charge in [0.25, 0.3) is 0 Å². The van der Waals surface area contributed by atoms with Gasteiger partial charge in [0.1, 0.15) is 0 Å². The second kappa shape index (κ2) is 6.27. The van der Waals surface area contributed by atoms with Gasteiger partial charge in [0.2, 0.25) is 0 Å². The predicted octanol–water partition coefficient (Wildman–Crippen LogP) is 4.59. The van der Waals surface area contributed by atoms with Gasteiger partial charge in [-0.2, -0.15) is 0 Å². The van der Waals surface area contributed by atoms with Crippen molar-refractivity contribution in [1.82, 2.24) is 19.6 Å². The van der Waals surface area contributed by atoms with Crippen molar-refractivity contribution in [3.05, 3.63) is 65.8 Å². The third-order valence-electron chi connectivity index (χ3n) is 5.59. The van der Waals surface area contributed by atoms with Gasteiger partial charge in [0.15, 0.2) is 11.5 Å². The Kier molecular flexibility index (Phi) is 3.74. The van der Waals surface area contributed by atoms with E-state index in [1.165, 1.54) is 33.4 Å². The second-order valence-corrected chi connectivity index (χ2v) is 7.09. The highest BCUT2D eigenvalue weighted by Gasteiger charge is 2.21. The average Bonchev–Trinajstić information content (AvgIpc) is 3.28. The third-order valence-corrected chi connectivity index (χ3v) is 5.59. The highest BCUT2D eigenvalue weighted by atomic mass is 15.3. The number of pyridine rings is 1. The Labute approximate surface area is 158 Å². The van der Waals surface area contributed by atoms with E-state index >= 15 is 0 Å². The van der Waals surface area contributed by atoms with E-state index in [4.69, 9.17) is 4.98 Å². The summed E-state index contributed by atoms with van der Waals surface area (Å²) < 4.78 is 1.87. The van der Waals surface area contributed by atoms with Crippen LogP contribution in [0, 0.1) is 0 Å². The number of aromatic nitrogens is 4. The predicted molar refractivity (Wildman–Crippen MR) is 110 cm³/mol. The number of aromatic amines is 1. The lowest BCUT2D eigenvalue weighted by Crippen LogP contribution is -2.30. The van der Waals surface area contributed by atoms with E-state index in [-0.39, 0.29) is 0 Å². The molecule has 0 fully saturated rings. The molecule has 4 aromatic rings. The van der Waals surface area contributed by atoms with Crippen molar-refractivity contribution < 1.29 is 0 Å². The first kappa shape index (κ1) is 16.1. The first-order chi connectivity index (χ1) is 13.3. The normalized spacial score (nSPS) is 14.9. The summed E-state index contributed by atoms with van der Waals surface area (Å²) in [5.74, 6) is 0.827. The number of anilines is 1. The number of rotatable bonds is 3. The van der Waals surface area contributed by atoms with Crippen molar-refractivity contribution in [3.63, 3.8) is 0 Å². The zero-order valence-electron chi connectivity index (χ0n) is 15.7. The number of H-pyrrole nitrogens is 1. The Morgan fingerprint density at radius 1 is 1.26 bits per heavy atom. The molecule has 1 aliphatic rings. The molecule has 0 amide bonds. The van der Waals surface area contributed by atoms with E-state index < -0.39 is 0 Å². The standard InChI is InChI=1S/C22H23N5/c1-3-15(4-2)22-24-21-13-16(9-12-27(21)25-22)26-11-10-18-17-7-5-6-8-19(17)23-20(18)14-26/h3,5-9,12-13,23H,4,10-11,14H2,1-2H3/b15-3+. The number of para-hydroxylation sites is 1. The molecule has 0 atom stereocenters. The maximum absolute atomic E-state index is 4.74. The smallest absolute Gasteiger partial charge is 0.177 e. The molecule has 0 spiro atoms. The minimum atomic E-state index is 0.827. The molecule has 0 unspecified atom stereocenters. The van der Waals surface area contributed by atoms with Crippen LogP contribution in [0.4, 0.5) is 5.69 Å². The van der Waals surface area contributed by atoms with E-state index in [0.717, 1.165) is 37.4 Å². The SMILES string of the molecule is C/C=C(\CC)c1nc2cc(N3CCc4c([nH]c5ccccc45)C3)ccn2n1. The minimum absolute atomic E-state index is 0.827. The molecule has 0 aliphatic carbocycles. The Balaban J connectivity index is 1.48. The molecule has 1 aliphatic heterocycles. The summed E-state index contributed by atoms with van der Waals surface area (Å²) in [6, 6.07) is 12.9. The molecule has 0 bridgehead atoms. The van der Waals surface area contributed by atoms with Crippen molar-refractivity contribution in [2.45, 2.75) is 33.2 Å². The Bertz CT molecular complexity index is 1160. The molecular formula is C22H23N5. The number of benzene rings is 1. The van der Waals surface area contributed by atoms with Crippen LogP contribution in [0.2, 0.25) is 0 Å². The zero-order chi connectivity index (χ0) is 18.4. The highest BCUT2D eigenvalue weighted by molar-refractivity contribution is 5.85. The Morgan fingerprint density at radius 3 is 3.00 bits per heavy atom. The van der Waals surface area contributed by atoms with Gasteiger partial charge in [0, 0.05) is 41.1 Å². The number of fused-ring (bicyclic) bond motifs is 4. The number of hydrogen-bond donors (Lipinski definition) is 1. The topological polar surface area (TPSA) is 49.2 Å². The highest BCUT2D eigenvalue weighted by Crippen LogP contribution is 2.30. The second-order valence-electron chi connectivity index (χ2n) is 7.09. The summed E-state index contributed by atoms with van der Waals surface area (Å²) in [6.07, 6.45) is 6.11. The largest absolute Gasteiger partial charge is 0.365 e. The fourth-order valence-corrected chi connectivity index (χ4v) is 4.11. The Hall–Kier alpha value is -3.08. The maximum Gasteiger partial charge on any atom is 0.177 e. The number of nitrogens with zero attached hydrogens (tertiary/aromatic N) is 4. The molecule has 1 aromatic carbocycles. The average molecular weight is 357 g/mol. The van der Waals surface area contributed by atoms with E-state index in [0.29, 0.717) is 0 Å². The van der Waals surface area contributed by atoms with Crippen LogP contribution in [0.3, 0.4) is 0 Å². The van der Waals surface area contributed by atoms with E-state index in [1.807, 2.05) is 17.6 Å². The third kappa shape index (κ3) is 2.62. The quantitative estimate of drug-likeness (QED) is 0.583. The van der Waals surface area contributed by atoms with Crippen molar-refractivity contribution >= 4 is 27.8 Å². The lowest BCUT2D eigenvalue weighted by Gasteiger charge is -2.29. The Morgan fingerprint density at radius 2 is 2.15 bits per heavy atom. The molecular weight excluding hydrogens is 334 g/mol. The first-order valence-electron chi connectivity index (χ1n) is 9.62. The molecule has 5 nitrogen and oxygen atoms in total. The van der Waals surface area contributed by atoms with Crippen LogP contribution < -0.4 is 4.90 Å². The van der Waals surface area contributed by atoms with Crippen LogP contribution in [-0.2, 0) is 13.0 Å². The summed E-state index contributed by atoms with van der Waals surface area (Å²) in [7, 11) is 0. The molecule has 1 N–H and O–H groups in total. The minimum Gasteiger partial charge on any atom is -0.365 e. The molecule has 5 heteroatoms. The molecule has 27 heavy (non-hydrogen) atoms. The van der Waals surface area contributed by atoms with Crippen molar-refractivity contribution in [1.29, 1.82) is 0 Å². The fraction of sp³-hybridized carbons (Fsp3) is 0.273. The van der Waals surface area contributed by atoms with Gasteiger partial charge in [-0.05, 0) is 43.0 Å². The monoisotopic (exact) mass is 357 g/mol. The van der Waals surface area contributed by atoms with Gasteiger partial charge in [-0.15, -0.1) is 5.10 Å². The molecule has 0 saturated heterocycles. The van der Waals surface area contributed by atoms with Crippen molar-refractivity contribution in [3.8, 4) is 0 Å². The zero-order valence-corrected chi connectivity index (χ0v) is 15.7. The van der Waals surface area contributed by atoms with Crippen molar-refractivity contribution in [2.75, 3.05) is 11.4 Å². The molecule has 4 heterocycles. The first-order valence-corrected chi connectivity index (χ1v) is 9.62. The molecule has 0 saturated carbocycles. The van der Waals surface area contributed by atoms with Gasteiger partial charge in [0.05, 0.1) is 6.54 Å². The van der Waals surface area contributed by atoms with Crippen molar-refractivity contribution in [2.24, 2.45) is 0 Å². The summed E-state index contributed by atoms with van der Waals surface area (Å²) in [6.45, 7) is 6.09. The lowest BCUT2D eigenvalue weighted by molar-refractivity contribution is 0.723. The lowest BCUT2D eigenvalue weighted by atomic mass is 10.0. The van der Waals surface area contributed by atoms with Gasteiger partial charge in [-0.25, -0.2) is 9.50 Å². The summed E-state index contributed by atoms with van der Waals surface area (Å²) >= 11 is 0. The van der Waals surface area contributed by atoms with Crippen LogP contribution in [0.5, 0.6) is 0 Å². The van der Waals surface area contributed by atoms with Gasteiger partial charge < -0.3 is 9.88 Å². The van der Waals surface area contributed by atoms with Crippen LogP contribution >= 0.6 is 0 Å². The molecule has 3 aromatic heterocycles. The van der Waals surface area contributed by atoms with Gasteiger partial charge in [-0.3, -0.25) is 0 Å².